The summed E-state index contributed by atoms with van der Waals surface area (Å²) >= 11 is 11.9. The molecule has 8 heteroatoms. The van der Waals surface area contributed by atoms with Crippen LogP contribution in [0.25, 0.3) is 0 Å². The molecular formula is C15H13Cl2NO4S. The minimum absolute atomic E-state index is 0.0288. The van der Waals surface area contributed by atoms with Gasteiger partial charge in [-0.15, -0.1) is 11.6 Å². The van der Waals surface area contributed by atoms with Gasteiger partial charge in [-0.05, 0) is 23.8 Å². The Labute approximate surface area is 143 Å². The zero-order chi connectivity index (χ0) is 17.0. The van der Waals surface area contributed by atoms with Crippen molar-refractivity contribution >= 4 is 39.2 Å². The first-order valence-electron chi connectivity index (χ1n) is 6.53. The summed E-state index contributed by atoms with van der Waals surface area (Å²) in [6.07, 6.45) is 0. The van der Waals surface area contributed by atoms with Gasteiger partial charge in [0.25, 0.3) is 0 Å². The molecule has 0 saturated carbocycles. The lowest BCUT2D eigenvalue weighted by Gasteiger charge is -2.12. The van der Waals surface area contributed by atoms with E-state index in [0.717, 1.165) is 11.6 Å². The van der Waals surface area contributed by atoms with Crippen LogP contribution in [0.2, 0.25) is 5.02 Å². The third-order valence-corrected chi connectivity index (χ3v) is 5.25. The predicted molar refractivity (Wildman–Crippen MR) is 88.6 cm³/mol. The van der Waals surface area contributed by atoms with Crippen molar-refractivity contribution in [3.05, 3.63) is 64.7 Å². The van der Waals surface area contributed by atoms with Crippen molar-refractivity contribution in [1.82, 2.24) is 4.72 Å². The van der Waals surface area contributed by atoms with Crippen LogP contribution in [-0.2, 0) is 10.0 Å². The molecule has 0 aliphatic carbocycles. The van der Waals surface area contributed by atoms with E-state index >= 15 is 0 Å². The van der Waals surface area contributed by atoms with Gasteiger partial charge in [0, 0.05) is 6.54 Å². The minimum Gasteiger partial charge on any atom is -0.478 e. The van der Waals surface area contributed by atoms with Crippen LogP contribution in [-0.4, -0.2) is 26.0 Å². The number of benzene rings is 2. The van der Waals surface area contributed by atoms with Crippen molar-refractivity contribution < 1.29 is 18.3 Å². The van der Waals surface area contributed by atoms with Gasteiger partial charge in [0.1, 0.15) is 0 Å². The number of hydrogen-bond acceptors (Lipinski definition) is 3. The summed E-state index contributed by atoms with van der Waals surface area (Å²) in [5, 5.41) is 8.43. The molecule has 1 unspecified atom stereocenters. The normalized spacial score (nSPS) is 12.8. The molecule has 2 aromatic rings. The summed E-state index contributed by atoms with van der Waals surface area (Å²) in [7, 11) is -3.89. The highest BCUT2D eigenvalue weighted by Gasteiger charge is 2.19. The Morgan fingerprint density at radius 2 is 1.83 bits per heavy atom. The van der Waals surface area contributed by atoms with E-state index in [0.29, 0.717) is 0 Å². The van der Waals surface area contributed by atoms with Crippen LogP contribution in [0.1, 0.15) is 21.3 Å². The largest absolute Gasteiger partial charge is 0.478 e. The second-order valence-electron chi connectivity index (χ2n) is 4.68. The molecule has 0 bridgehead atoms. The fraction of sp³-hybridized carbons (Fsp3) is 0.133. The van der Waals surface area contributed by atoms with Crippen LogP contribution >= 0.6 is 23.2 Å². The Kier molecular flexibility index (Phi) is 5.64. The molecule has 2 rings (SSSR count). The van der Waals surface area contributed by atoms with Crippen LogP contribution in [0, 0.1) is 0 Å². The third kappa shape index (κ3) is 4.45. The van der Waals surface area contributed by atoms with Gasteiger partial charge in [0.05, 0.1) is 20.9 Å². The zero-order valence-electron chi connectivity index (χ0n) is 11.7. The molecule has 2 aromatic carbocycles. The topological polar surface area (TPSA) is 83.5 Å². The molecule has 2 N–H and O–H groups in total. The van der Waals surface area contributed by atoms with Gasteiger partial charge in [-0.25, -0.2) is 17.9 Å². The maximum absolute atomic E-state index is 12.2. The number of rotatable bonds is 6. The molecule has 0 radical (unpaired) electrons. The second kappa shape index (κ2) is 7.31. The summed E-state index contributed by atoms with van der Waals surface area (Å²) in [5.74, 6) is -1.30. The number of hydrogen-bond donors (Lipinski definition) is 2. The fourth-order valence-corrected chi connectivity index (χ4v) is 3.47. The van der Waals surface area contributed by atoms with E-state index in [1.54, 1.807) is 24.3 Å². The number of halogens is 2. The van der Waals surface area contributed by atoms with Crippen LogP contribution < -0.4 is 4.72 Å². The Hall–Kier alpha value is -1.60. The first-order chi connectivity index (χ1) is 10.8. The average molecular weight is 374 g/mol. The monoisotopic (exact) mass is 373 g/mol. The van der Waals surface area contributed by atoms with E-state index in [-0.39, 0.29) is 22.0 Å². The third-order valence-electron chi connectivity index (χ3n) is 3.09. The van der Waals surface area contributed by atoms with Gasteiger partial charge in [0.2, 0.25) is 10.0 Å². The quantitative estimate of drug-likeness (QED) is 0.760. The maximum atomic E-state index is 12.2. The van der Waals surface area contributed by atoms with Crippen molar-refractivity contribution in [2.75, 3.05) is 6.54 Å². The van der Waals surface area contributed by atoms with Gasteiger partial charge in [-0.1, -0.05) is 41.9 Å². The summed E-state index contributed by atoms with van der Waals surface area (Å²) in [6, 6.07) is 12.5. The Morgan fingerprint density at radius 1 is 1.17 bits per heavy atom. The highest BCUT2D eigenvalue weighted by atomic mass is 35.5. The highest BCUT2D eigenvalue weighted by Crippen LogP contribution is 2.22. The van der Waals surface area contributed by atoms with Gasteiger partial charge < -0.3 is 5.11 Å². The Morgan fingerprint density at radius 3 is 2.43 bits per heavy atom. The number of aromatic carboxylic acids is 1. The lowest BCUT2D eigenvalue weighted by atomic mass is 10.1. The van der Waals surface area contributed by atoms with Crippen molar-refractivity contribution in [1.29, 1.82) is 0 Å². The van der Waals surface area contributed by atoms with Crippen molar-refractivity contribution in [2.45, 2.75) is 10.3 Å². The van der Waals surface area contributed by atoms with E-state index in [2.05, 4.69) is 4.72 Å². The van der Waals surface area contributed by atoms with E-state index in [9.17, 15) is 13.2 Å². The molecular weight excluding hydrogens is 361 g/mol. The molecule has 0 spiro atoms. The average Bonchev–Trinajstić information content (AvgIpc) is 2.53. The van der Waals surface area contributed by atoms with Crippen molar-refractivity contribution in [3.63, 3.8) is 0 Å². The Bertz CT molecular complexity index is 809. The van der Waals surface area contributed by atoms with E-state index < -0.39 is 21.4 Å². The number of carboxylic acids is 1. The number of nitrogens with one attached hydrogen (secondary N) is 1. The summed E-state index contributed by atoms with van der Waals surface area (Å²) in [4.78, 5) is 10.8. The van der Waals surface area contributed by atoms with Crippen LogP contribution in [0.3, 0.4) is 0 Å². The molecule has 5 nitrogen and oxygen atoms in total. The molecule has 0 aliphatic rings. The molecule has 0 fully saturated rings. The Balaban J connectivity index is 2.16. The molecule has 0 saturated heterocycles. The zero-order valence-corrected chi connectivity index (χ0v) is 14.1. The maximum Gasteiger partial charge on any atom is 0.337 e. The van der Waals surface area contributed by atoms with Crippen molar-refractivity contribution in [3.8, 4) is 0 Å². The van der Waals surface area contributed by atoms with E-state index in [4.69, 9.17) is 28.3 Å². The van der Waals surface area contributed by atoms with Crippen LogP contribution in [0.4, 0.5) is 0 Å². The fourth-order valence-electron chi connectivity index (χ4n) is 1.88. The summed E-state index contributed by atoms with van der Waals surface area (Å²) in [6.45, 7) is -0.0288. The lowest BCUT2D eigenvalue weighted by molar-refractivity contribution is 0.0697. The first-order valence-corrected chi connectivity index (χ1v) is 8.82. The molecule has 0 aliphatic heterocycles. The number of carbonyl (C=O) groups is 1. The smallest absolute Gasteiger partial charge is 0.337 e. The molecule has 0 heterocycles. The van der Waals surface area contributed by atoms with Crippen LogP contribution in [0.15, 0.2) is 53.4 Å². The van der Waals surface area contributed by atoms with Gasteiger partial charge in [0.15, 0.2) is 0 Å². The predicted octanol–water partition coefficient (Wildman–Crippen LogP) is 3.30. The second-order valence-corrected chi connectivity index (χ2v) is 7.38. The molecule has 1 atom stereocenters. The van der Waals surface area contributed by atoms with Gasteiger partial charge in [-0.2, -0.15) is 0 Å². The minimum atomic E-state index is -3.89. The molecule has 0 aromatic heterocycles. The number of alkyl halides is 1. The summed E-state index contributed by atoms with van der Waals surface area (Å²) in [5.41, 5.74) is 0.499. The summed E-state index contributed by atoms with van der Waals surface area (Å²) < 4.78 is 26.9. The number of sulfonamides is 1. The first kappa shape index (κ1) is 17.7. The van der Waals surface area contributed by atoms with Crippen LogP contribution in [0.5, 0.6) is 0 Å². The standard InChI is InChI=1S/C15H13Cl2NO4S/c16-13-7-6-11(8-12(13)15(19)20)23(21,22)18-9-14(17)10-4-2-1-3-5-10/h1-8,14,18H,9H2,(H,19,20). The van der Waals surface area contributed by atoms with Crippen molar-refractivity contribution in [2.24, 2.45) is 0 Å². The van der Waals surface area contributed by atoms with E-state index in [1.165, 1.54) is 12.1 Å². The molecule has 23 heavy (non-hydrogen) atoms. The lowest BCUT2D eigenvalue weighted by Crippen LogP contribution is -2.27. The number of carboxylic acid groups (broad SMARTS) is 1. The van der Waals surface area contributed by atoms with Gasteiger partial charge in [-0.3, -0.25) is 0 Å². The van der Waals surface area contributed by atoms with E-state index in [1.807, 2.05) is 6.07 Å². The SMILES string of the molecule is O=C(O)c1cc(S(=O)(=O)NCC(Cl)c2ccccc2)ccc1Cl. The molecule has 122 valence electrons. The highest BCUT2D eigenvalue weighted by molar-refractivity contribution is 7.89. The molecule has 0 amide bonds. The van der Waals surface area contributed by atoms with Gasteiger partial charge >= 0.3 is 5.97 Å².